The molecule has 4 rings (SSSR count). The standard InChI is InChI=1S/C20H26N4O3/c1-20(14-5-6-14)18(26)24(19(27)22-20)13-17(25)21-15-7-9-16(10-8-15)23-11-3-2-4-12-23/h7-10,14H,2-6,11-13H2,1H3,(H,21,25)(H,22,27). The molecule has 0 bridgehead atoms. The highest BCUT2D eigenvalue weighted by Gasteiger charge is 2.56. The lowest BCUT2D eigenvalue weighted by Crippen LogP contribution is -2.46. The second-order valence-electron chi connectivity index (χ2n) is 7.94. The summed E-state index contributed by atoms with van der Waals surface area (Å²) in [6, 6.07) is 7.24. The van der Waals surface area contributed by atoms with Crippen LogP contribution < -0.4 is 15.5 Å². The van der Waals surface area contributed by atoms with Gasteiger partial charge in [-0.15, -0.1) is 0 Å². The Kier molecular flexibility index (Phi) is 4.53. The quantitative estimate of drug-likeness (QED) is 0.780. The van der Waals surface area contributed by atoms with Crippen molar-refractivity contribution in [1.29, 1.82) is 0 Å². The molecule has 0 radical (unpaired) electrons. The summed E-state index contributed by atoms with van der Waals surface area (Å²) < 4.78 is 0. The molecule has 1 unspecified atom stereocenters. The van der Waals surface area contributed by atoms with Gasteiger partial charge in [0.2, 0.25) is 5.91 Å². The van der Waals surface area contributed by atoms with E-state index in [-0.39, 0.29) is 24.3 Å². The molecule has 7 heteroatoms. The van der Waals surface area contributed by atoms with Gasteiger partial charge in [0, 0.05) is 24.5 Å². The number of amides is 4. The summed E-state index contributed by atoms with van der Waals surface area (Å²) >= 11 is 0. The van der Waals surface area contributed by atoms with Crippen LogP contribution >= 0.6 is 0 Å². The van der Waals surface area contributed by atoms with Crippen LogP contribution in [0.15, 0.2) is 24.3 Å². The smallest absolute Gasteiger partial charge is 0.325 e. The van der Waals surface area contributed by atoms with Crippen LogP contribution in [-0.2, 0) is 9.59 Å². The van der Waals surface area contributed by atoms with Gasteiger partial charge < -0.3 is 15.5 Å². The van der Waals surface area contributed by atoms with Crippen LogP contribution in [0.2, 0.25) is 0 Å². The summed E-state index contributed by atoms with van der Waals surface area (Å²) in [5, 5.41) is 5.54. The van der Waals surface area contributed by atoms with Crippen LogP contribution in [0.1, 0.15) is 39.0 Å². The number of imide groups is 1. The van der Waals surface area contributed by atoms with E-state index in [0.29, 0.717) is 5.69 Å². The van der Waals surface area contributed by atoms with Gasteiger partial charge in [-0.05, 0) is 69.2 Å². The first-order valence-electron chi connectivity index (χ1n) is 9.76. The van der Waals surface area contributed by atoms with Gasteiger partial charge in [-0.3, -0.25) is 14.5 Å². The van der Waals surface area contributed by atoms with E-state index in [0.717, 1.165) is 36.5 Å². The number of urea groups is 1. The van der Waals surface area contributed by atoms with Crippen molar-refractivity contribution in [1.82, 2.24) is 10.2 Å². The molecule has 2 saturated heterocycles. The SMILES string of the molecule is CC1(C2CC2)NC(=O)N(CC(=O)Nc2ccc(N3CCCCC3)cc2)C1=O. The molecule has 0 aromatic heterocycles. The second-order valence-corrected chi connectivity index (χ2v) is 7.94. The number of benzene rings is 1. The molecule has 1 atom stereocenters. The Morgan fingerprint density at radius 2 is 1.81 bits per heavy atom. The molecular formula is C20H26N4O3. The maximum atomic E-state index is 12.6. The highest BCUT2D eigenvalue weighted by Crippen LogP contribution is 2.42. The van der Waals surface area contributed by atoms with Gasteiger partial charge in [0.25, 0.3) is 5.91 Å². The van der Waals surface area contributed by atoms with Crippen molar-refractivity contribution in [3.05, 3.63) is 24.3 Å². The van der Waals surface area contributed by atoms with E-state index in [2.05, 4.69) is 15.5 Å². The highest BCUT2D eigenvalue weighted by atomic mass is 16.2. The average molecular weight is 370 g/mol. The number of piperidine rings is 1. The topological polar surface area (TPSA) is 81.8 Å². The minimum atomic E-state index is -0.854. The number of anilines is 2. The molecule has 1 saturated carbocycles. The van der Waals surface area contributed by atoms with E-state index >= 15 is 0 Å². The summed E-state index contributed by atoms with van der Waals surface area (Å²) in [5.41, 5.74) is 0.966. The number of hydrogen-bond acceptors (Lipinski definition) is 4. The molecule has 1 aromatic carbocycles. The minimum Gasteiger partial charge on any atom is -0.372 e. The fourth-order valence-electron chi connectivity index (χ4n) is 4.05. The monoisotopic (exact) mass is 370 g/mol. The molecule has 1 aliphatic carbocycles. The normalized spacial score (nSPS) is 25.5. The first kappa shape index (κ1) is 17.8. The summed E-state index contributed by atoms with van der Waals surface area (Å²) in [6.45, 7) is 3.62. The van der Waals surface area contributed by atoms with Gasteiger partial charge in [-0.2, -0.15) is 0 Å². The number of nitrogens with one attached hydrogen (secondary N) is 2. The Morgan fingerprint density at radius 1 is 1.15 bits per heavy atom. The predicted molar refractivity (Wildman–Crippen MR) is 103 cm³/mol. The van der Waals surface area contributed by atoms with Crippen molar-refractivity contribution < 1.29 is 14.4 Å². The van der Waals surface area contributed by atoms with Gasteiger partial charge in [0.1, 0.15) is 12.1 Å². The van der Waals surface area contributed by atoms with Crippen LogP contribution in [0.4, 0.5) is 16.2 Å². The first-order valence-corrected chi connectivity index (χ1v) is 9.76. The summed E-state index contributed by atoms with van der Waals surface area (Å²) in [4.78, 5) is 40.5. The largest absolute Gasteiger partial charge is 0.372 e. The second kappa shape index (κ2) is 6.87. The Balaban J connectivity index is 1.35. The Morgan fingerprint density at radius 3 is 2.44 bits per heavy atom. The van der Waals surface area contributed by atoms with E-state index in [1.54, 1.807) is 6.92 Å². The van der Waals surface area contributed by atoms with Gasteiger partial charge >= 0.3 is 6.03 Å². The third kappa shape index (κ3) is 3.50. The number of carbonyl (C=O) groups is 3. The third-order valence-electron chi connectivity index (χ3n) is 5.87. The molecule has 7 nitrogen and oxygen atoms in total. The predicted octanol–water partition coefficient (Wildman–Crippen LogP) is 2.34. The summed E-state index contributed by atoms with van der Waals surface area (Å²) in [6.07, 6.45) is 5.58. The maximum Gasteiger partial charge on any atom is 0.325 e. The van der Waals surface area contributed by atoms with Crippen molar-refractivity contribution in [2.24, 2.45) is 5.92 Å². The van der Waals surface area contributed by atoms with E-state index < -0.39 is 11.6 Å². The molecular weight excluding hydrogens is 344 g/mol. The minimum absolute atomic E-state index is 0.185. The van der Waals surface area contributed by atoms with Crippen molar-refractivity contribution in [3.8, 4) is 0 Å². The van der Waals surface area contributed by atoms with Crippen LogP contribution in [0, 0.1) is 5.92 Å². The lowest BCUT2D eigenvalue weighted by atomic mass is 9.96. The van der Waals surface area contributed by atoms with E-state index in [1.807, 2.05) is 24.3 Å². The average Bonchev–Trinajstić information content (AvgIpc) is 3.49. The van der Waals surface area contributed by atoms with Crippen molar-refractivity contribution in [2.45, 2.75) is 44.6 Å². The zero-order valence-corrected chi connectivity index (χ0v) is 15.7. The maximum absolute atomic E-state index is 12.6. The lowest BCUT2D eigenvalue weighted by Gasteiger charge is -2.28. The van der Waals surface area contributed by atoms with Gasteiger partial charge in [0.15, 0.2) is 0 Å². The Bertz CT molecular complexity index is 753. The zero-order chi connectivity index (χ0) is 19.0. The molecule has 2 aliphatic heterocycles. The third-order valence-corrected chi connectivity index (χ3v) is 5.87. The lowest BCUT2D eigenvalue weighted by molar-refractivity contribution is -0.134. The molecule has 3 fully saturated rings. The fourth-order valence-corrected chi connectivity index (χ4v) is 4.05. The molecule has 27 heavy (non-hydrogen) atoms. The zero-order valence-electron chi connectivity index (χ0n) is 15.7. The van der Waals surface area contributed by atoms with Gasteiger partial charge in [-0.25, -0.2) is 4.79 Å². The summed E-state index contributed by atoms with van der Waals surface area (Å²) in [5.74, 6) is -0.487. The van der Waals surface area contributed by atoms with Crippen LogP contribution in [0.3, 0.4) is 0 Å². The molecule has 2 heterocycles. The fraction of sp³-hybridized carbons (Fsp3) is 0.550. The van der Waals surface area contributed by atoms with Crippen LogP contribution in [0.25, 0.3) is 0 Å². The summed E-state index contributed by atoms with van der Waals surface area (Å²) in [7, 11) is 0. The van der Waals surface area contributed by atoms with E-state index in [9.17, 15) is 14.4 Å². The van der Waals surface area contributed by atoms with Gasteiger partial charge in [-0.1, -0.05) is 0 Å². The molecule has 144 valence electrons. The van der Waals surface area contributed by atoms with Crippen molar-refractivity contribution >= 4 is 29.2 Å². The molecule has 0 spiro atoms. The number of hydrogen-bond donors (Lipinski definition) is 2. The van der Waals surface area contributed by atoms with Crippen molar-refractivity contribution in [2.75, 3.05) is 29.9 Å². The van der Waals surface area contributed by atoms with Crippen molar-refractivity contribution in [3.63, 3.8) is 0 Å². The first-order chi connectivity index (χ1) is 13.0. The highest BCUT2D eigenvalue weighted by molar-refractivity contribution is 6.10. The number of rotatable bonds is 5. The number of nitrogens with zero attached hydrogens (tertiary/aromatic N) is 2. The van der Waals surface area contributed by atoms with Gasteiger partial charge in [0.05, 0.1) is 0 Å². The Labute approximate surface area is 159 Å². The van der Waals surface area contributed by atoms with E-state index in [1.165, 1.54) is 19.3 Å². The molecule has 4 amide bonds. The van der Waals surface area contributed by atoms with Crippen LogP contribution in [-0.4, -0.2) is 47.9 Å². The molecule has 1 aromatic rings. The van der Waals surface area contributed by atoms with Crippen LogP contribution in [0.5, 0.6) is 0 Å². The Hall–Kier alpha value is -2.57. The molecule has 2 N–H and O–H groups in total. The number of carbonyl (C=O) groups excluding carboxylic acids is 3. The molecule has 3 aliphatic rings. The van der Waals surface area contributed by atoms with E-state index in [4.69, 9.17) is 0 Å².